The molecule has 0 unspecified atom stereocenters. The first-order valence-electron chi connectivity index (χ1n) is 5.68. The molecule has 0 atom stereocenters. The van der Waals surface area contributed by atoms with Crippen molar-refractivity contribution in [3.05, 3.63) is 24.4 Å². The number of rotatable bonds is 7. The Kier molecular flexibility index (Phi) is 5.98. The smallest absolute Gasteiger partial charge is 0.310 e. The maximum absolute atomic E-state index is 12.1. The van der Waals surface area contributed by atoms with Crippen LogP contribution >= 0.6 is 7.60 Å². The van der Waals surface area contributed by atoms with Crippen LogP contribution in [0.15, 0.2) is 24.4 Å². The van der Waals surface area contributed by atoms with Crippen molar-refractivity contribution in [2.75, 3.05) is 24.7 Å². The molecule has 0 saturated heterocycles. The van der Waals surface area contributed by atoms with Crippen molar-refractivity contribution in [3.63, 3.8) is 0 Å². The maximum Gasteiger partial charge on any atom is 0.340 e. The van der Waals surface area contributed by atoms with E-state index in [1.165, 1.54) is 0 Å². The summed E-state index contributed by atoms with van der Waals surface area (Å²) in [6.07, 6.45) is 1.24. The van der Waals surface area contributed by atoms with Gasteiger partial charge < -0.3 is 14.4 Å². The van der Waals surface area contributed by atoms with Crippen molar-refractivity contribution in [1.29, 1.82) is 0 Å². The Labute approximate surface area is 106 Å². The summed E-state index contributed by atoms with van der Waals surface area (Å²) in [6.45, 7) is 3.85. The maximum atomic E-state index is 12.1. The molecule has 0 spiro atoms. The van der Waals surface area contributed by atoms with Crippen LogP contribution in [0.2, 0.25) is 0 Å². The van der Waals surface area contributed by atoms with Crippen LogP contribution < -0.4 is 5.32 Å². The molecule has 0 aromatic carbocycles. The number of hydrogen-bond donors (Lipinski definition) is 1. The average molecular weight is 272 g/mol. The van der Waals surface area contributed by atoms with Gasteiger partial charge in [-0.1, -0.05) is 6.07 Å². The molecule has 0 aliphatic rings. The fraction of sp³-hybridized carbons (Fsp3) is 0.455. The highest BCUT2D eigenvalue weighted by atomic mass is 31.2. The van der Waals surface area contributed by atoms with E-state index in [0.717, 1.165) is 0 Å². The quantitative estimate of drug-likeness (QED) is 0.770. The summed E-state index contributed by atoms with van der Waals surface area (Å²) in [7, 11) is -3.35. The second-order valence-electron chi connectivity index (χ2n) is 3.37. The van der Waals surface area contributed by atoms with E-state index in [0.29, 0.717) is 5.82 Å². The second kappa shape index (κ2) is 7.26. The Balaban J connectivity index is 2.59. The van der Waals surface area contributed by atoms with E-state index in [4.69, 9.17) is 9.05 Å². The van der Waals surface area contributed by atoms with Gasteiger partial charge in [-0.15, -0.1) is 0 Å². The lowest BCUT2D eigenvalue weighted by molar-refractivity contribution is -0.114. The van der Waals surface area contributed by atoms with Gasteiger partial charge in [0.25, 0.3) is 0 Å². The first kappa shape index (κ1) is 14.8. The zero-order valence-electron chi connectivity index (χ0n) is 10.5. The van der Waals surface area contributed by atoms with Gasteiger partial charge in [-0.25, -0.2) is 4.98 Å². The molecule has 1 aromatic rings. The monoisotopic (exact) mass is 272 g/mol. The molecule has 1 aromatic heterocycles. The number of amides is 1. The van der Waals surface area contributed by atoms with Crippen molar-refractivity contribution >= 4 is 19.3 Å². The van der Waals surface area contributed by atoms with Gasteiger partial charge in [-0.05, 0) is 26.0 Å². The molecule has 0 saturated carbocycles. The number of nitrogens with zero attached hydrogens (tertiary/aromatic N) is 1. The van der Waals surface area contributed by atoms with Crippen LogP contribution in [0.3, 0.4) is 0 Å². The molecule has 0 fully saturated rings. The van der Waals surface area contributed by atoms with Crippen LogP contribution in [0, 0.1) is 0 Å². The second-order valence-corrected chi connectivity index (χ2v) is 5.42. The Morgan fingerprint density at radius 3 is 2.50 bits per heavy atom. The Hall–Kier alpha value is -1.23. The average Bonchev–Trinajstić information content (AvgIpc) is 2.30. The first-order valence-corrected chi connectivity index (χ1v) is 7.41. The van der Waals surface area contributed by atoms with Crippen molar-refractivity contribution in [3.8, 4) is 0 Å². The summed E-state index contributed by atoms with van der Waals surface area (Å²) in [4.78, 5) is 15.6. The third-order valence-electron chi connectivity index (χ3n) is 1.92. The number of carbonyl (C=O) groups is 1. The van der Waals surface area contributed by atoms with E-state index < -0.39 is 13.5 Å². The molecule has 7 heteroatoms. The SMILES string of the molecule is CCOP(=O)(CC(=O)Nc1ccccn1)OCC. The Morgan fingerprint density at radius 2 is 2.00 bits per heavy atom. The molecule has 1 N–H and O–H groups in total. The predicted molar refractivity (Wildman–Crippen MR) is 68.6 cm³/mol. The third kappa shape index (κ3) is 4.96. The molecule has 1 heterocycles. The largest absolute Gasteiger partial charge is 0.340 e. The fourth-order valence-corrected chi connectivity index (χ4v) is 2.79. The predicted octanol–water partition coefficient (Wildman–Crippen LogP) is 2.29. The van der Waals surface area contributed by atoms with E-state index in [2.05, 4.69) is 10.3 Å². The summed E-state index contributed by atoms with van der Waals surface area (Å²) in [5.41, 5.74) is 0. The van der Waals surface area contributed by atoms with Crippen LogP contribution in [-0.4, -0.2) is 30.3 Å². The standard InChI is InChI=1S/C11H17N2O4P/c1-3-16-18(15,17-4-2)9-11(14)13-10-7-5-6-8-12-10/h5-8H,3-4,9H2,1-2H3,(H,12,13,14). The molecule has 0 radical (unpaired) electrons. The summed E-state index contributed by atoms with van der Waals surface area (Å²) in [5.74, 6) is -0.0408. The minimum Gasteiger partial charge on any atom is -0.310 e. The molecule has 100 valence electrons. The summed E-state index contributed by atoms with van der Waals surface area (Å²) in [5, 5.41) is 2.53. The van der Waals surface area contributed by atoms with Crippen LogP contribution in [0.5, 0.6) is 0 Å². The van der Waals surface area contributed by atoms with E-state index in [1.807, 2.05) is 0 Å². The number of hydrogen-bond acceptors (Lipinski definition) is 5. The molecule has 0 aliphatic carbocycles. The minimum atomic E-state index is -3.35. The molecule has 0 bridgehead atoms. The molecular weight excluding hydrogens is 255 g/mol. The van der Waals surface area contributed by atoms with Gasteiger partial charge in [-0.2, -0.15) is 0 Å². The summed E-state index contributed by atoms with van der Waals surface area (Å²) < 4.78 is 22.1. The number of anilines is 1. The highest BCUT2D eigenvalue weighted by Crippen LogP contribution is 2.47. The van der Waals surface area contributed by atoms with Gasteiger partial charge in [0.2, 0.25) is 5.91 Å². The van der Waals surface area contributed by atoms with Crippen LogP contribution in [0.1, 0.15) is 13.8 Å². The number of aromatic nitrogens is 1. The normalized spacial score (nSPS) is 11.2. The van der Waals surface area contributed by atoms with Crippen molar-refractivity contribution in [2.24, 2.45) is 0 Å². The summed E-state index contributed by atoms with van der Waals surface area (Å²) >= 11 is 0. The lowest BCUT2D eigenvalue weighted by Crippen LogP contribution is -2.18. The van der Waals surface area contributed by atoms with Gasteiger partial charge in [0.05, 0.1) is 13.2 Å². The lowest BCUT2D eigenvalue weighted by Gasteiger charge is -2.16. The van der Waals surface area contributed by atoms with Gasteiger partial charge in [0, 0.05) is 6.20 Å². The Bertz CT molecular complexity index is 414. The molecule has 1 amide bonds. The van der Waals surface area contributed by atoms with Gasteiger partial charge in [0.15, 0.2) is 0 Å². The van der Waals surface area contributed by atoms with E-state index in [-0.39, 0.29) is 19.4 Å². The molecular formula is C11H17N2O4P. The van der Waals surface area contributed by atoms with Crippen molar-refractivity contribution < 1.29 is 18.4 Å². The molecule has 0 aliphatic heterocycles. The zero-order chi connectivity index (χ0) is 13.4. The lowest BCUT2D eigenvalue weighted by atomic mass is 10.4. The molecule has 1 rings (SSSR count). The van der Waals surface area contributed by atoms with Crippen molar-refractivity contribution in [1.82, 2.24) is 4.98 Å². The minimum absolute atomic E-state index is 0.230. The number of pyridine rings is 1. The number of carbonyl (C=O) groups excluding carboxylic acids is 1. The fourth-order valence-electron chi connectivity index (χ4n) is 1.32. The van der Waals surface area contributed by atoms with Crippen molar-refractivity contribution in [2.45, 2.75) is 13.8 Å². The van der Waals surface area contributed by atoms with Crippen LogP contribution in [0.25, 0.3) is 0 Å². The highest BCUT2D eigenvalue weighted by Gasteiger charge is 2.27. The Morgan fingerprint density at radius 1 is 1.33 bits per heavy atom. The highest BCUT2D eigenvalue weighted by molar-refractivity contribution is 7.54. The zero-order valence-corrected chi connectivity index (χ0v) is 11.4. The van der Waals surface area contributed by atoms with Crippen LogP contribution in [0.4, 0.5) is 5.82 Å². The first-order chi connectivity index (χ1) is 8.59. The van der Waals surface area contributed by atoms with Gasteiger partial charge >= 0.3 is 7.60 Å². The van der Waals surface area contributed by atoms with Crippen LogP contribution in [-0.2, 0) is 18.4 Å². The van der Waals surface area contributed by atoms with E-state index in [1.54, 1.807) is 38.2 Å². The third-order valence-corrected chi connectivity index (χ3v) is 3.90. The van der Waals surface area contributed by atoms with E-state index in [9.17, 15) is 9.36 Å². The van der Waals surface area contributed by atoms with Gasteiger partial charge in [-0.3, -0.25) is 9.36 Å². The molecule has 18 heavy (non-hydrogen) atoms. The van der Waals surface area contributed by atoms with E-state index >= 15 is 0 Å². The topological polar surface area (TPSA) is 77.5 Å². The molecule has 6 nitrogen and oxygen atoms in total. The van der Waals surface area contributed by atoms with Gasteiger partial charge in [0.1, 0.15) is 12.0 Å². The number of nitrogens with one attached hydrogen (secondary N) is 1. The summed E-state index contributed by atoms with van der Waals surface area (Å²) in [6, 6.07) is 5.12.